The molecule has 0 bridgehead atoms. The van der Waals surface area contributed by atoms with Crippen LogP contribution in [0.5, 0.6) is 5.75 Å². The standard InChI is InChI=1S/C15H20N2O4.C2H2N2O4/c1-3-4-5-6-11-20-14(18)16-17-15(19)21-13-9-7-12(2)8-10-13;5-1(6)3-4-2(7)8/h7-10H,3-6,11H2,1-2H3;(H,5,6)(H,7,8). The molecule has 158 valence electrons. The van der Waals surface area contributed by atoms with Crippen molar-refractivity contribution in [1.29, 1.82) is 0 Å². The van der Waals surface area contributed by atoms with Gasteiger partial charge in [0.15, 0.2) is 0 Å². The molecule has 0 atom stereocenters. The predicted octanol–water partition coefficient (Wildman–Crippen LogP) is 5.46. The molecule has 0 saturated heterocycles. The fourth-order valence-corrected chi connectivity index (χ4v) is 1.61. The number of benzene rings is 1. The van der Waals surface area contributed by atoms with E-state index in [0.717, 1.165) is 31.2 Å². The maximum Gasteiger partial charge on any atom is 0.458 e. The molecule has 12 heteroatoms. The highest BCUT2D eigenvalue weighted by atomic mass is 16.6. The van der Waals surface area contributed by atoms with Crippen molar-refractivity contribution in [2.75, 3.05) is 6.61 Å². The number of rotatable bonds is 6. The van der Waals surface area contributed by atoms with E-state index in [1.54, 1.807) is 24.3 Å². The van der Waals surface area contributed by atoms with Crippen LogP contribution in [0.3, 0.4) is 0 Å². The quantitative estimate of drug-likeness (QED) is 0.458. The van der Waals surface area contributed by atoms with Crippen molar-refractivity contribution in [2.24, 2.45) is 20.5 Å². The Hall–Kier alpha value is -3.70. The summed E-state index contributed by atoms with van der Waals surface area (Å²) < 4.78 is 9.67. The Morgan fingerprint density at radius 2 is 1.38 bits per heavy atom. The molecule has 0 fully saturated rings. The van der Waals surface area contributed by atoms with E-state index < -0.39 is 24.4 Å². The molecule has 1 aromatic carbocycles. The summed E-state index contributed by atoms with van der Waals surface area (Å²) in [5, 5.41) is 26.1. The Labute approximate surface area is 166 Å². The monoisotopic (exact) mass is 410 g/mol. The number of nitrogens with zero attached hydrogens (tertiary/aromatic N) is 4. The molecule has 0 aromatic heterocycles. The van der Waals surface area contributed by atoms with Gasteiger partial charge in [0.05, 0.1) is 6.61 Å². The molecule has 0 radical (unpaired) electrons. The lowest BCUT2D eigenvalue weighted by molar-refractivity contribution is 0.152. The summed E-state index contributed by atoms with van der Waals surface area (Å²) in [6.07, 6.45) is -1.09. The molecule has 0 aliphatic rings. The van der Waals surface area contributed by atoms with Gasteiger partial charge in [0, 0.05) is 0 Å². The van der Waals surface area contributed by atoms with Gasteiger partial charge < -0.3 is 19.7 Å². The molecule has 0 unspecified atom stereocenters. The fourth-order valence-electron chi connectivity index (χ4n) is 1.61. The van der Waals surface area contributed by atoms with Gasteiger partial charge in [0.25, 0.3) is 0 Å². The first kappa shape index (κ1) is 25.3. The maximum atomic E-state index is 11.3. The number of unbranched alkanes of at least 4 members (excludes halogenated alkanes) is 3. The number of carboxylic acid groups (broad SMARTS) is 2. The van der Waals surface area contributed by atoms with E-state index in [2.05, 4.69) is 27.4 Å². The summed E-state index contributed by atoms with van der Waals surface area (Å²) in [5.41, 5.74) is 1.04. The lowest BCUT2D eigenvalue weighted by Gasteiger charge is -2.01. The van der Waals surface area contributed by atoms with Crippen molar-refractivity contribution in [2.45, 2.75) is 39.5 Å². The van der Waals surface area contributed by atoms with Crippen LogP contribution in [-0.4, -0.2) is 41.2 Å². The lowest BCUT2D eigenvalue weighted by Crippen LogP contribution is -2.04. The molecule has 12 nitrogen and oxygen atoms in total. The number of carbonyl (C=O) groups excluding carboxylic acids is 2. The van der Waals surface area contributed by atoms with Gasteiger partial charge in [0.2, 0.25) is 0 Å². The minimum absolute atomic E-state index is 0.283. The zero-order valence-corrected chi connectivity index (χ0v) is 16.0. The maximum absolute atomic E-state index is 11.3. The van der Waals surface area contributed by atoms with E-state index in [-0.39, 0.29) is 6.61 Å². The molecular formula is C17H22N4O8. The van der Waals surface area contributed by atoms with Crippen molar-refractivity contribution in [3.8, 4) is 5.75 Å². The van der Waals surface area contributed by atoms with Gasteiger partial charge in [-0.2, -0.15) is 0 Å². The molecule has 1 rings (SSSR count). The smallest absolute Gasteiger partial charge is 0.458 e. The molecule has 4 amide bonds. The van der Waals surface area contributed by atoms with Crippen molar-refractivity contribution in [3.63, 3.8) is 0 Å². The third kappa shape index (κ3) is 16.2. The normalized spacial score (nSPS) is 10.3. The molecule has 0 spiro atoms. The van der Waals surface area contributed by atoms with E-state index in [0.29, 0.717) is 5.75 Å². The predicted molar refractivity (Wildman–Crippen MR) is 98.5 cm³/mol. The second-order valence-electron chi connectivity index (χ2n) is 5.32. The van der Waals surface area contributed by atoms with E-state index in [4.69, 9.17) is 19.7 Å². The van der Waals surface area contributed by atoms with Gasteiger partial charge in [-0.3, -0.25) is 0 Å². The number of azo groups is 2. The SMILES string of the molecule is CCCCCCOC(=O)N=NC(=O)Oc1ccc(C)cc1.O=C(O)N=NC(=O)O. The Morgan fingerprint density at radius 3 is 1.90 bits per heavy atom. The molecule has 2 N–H and O–H groups in total. The summed E-state index contributed by atoms with van der Waals surface area (Å²) in [7, 11) is 0. The summed E-state index contributed by atoms with van der Waals surface area (Å²) in [4.78, 5) is 41.3. The molecule has 0 heterocycles. The minimum atomic E-state index is -1.62. The van der Waals surface area contributed by atoms with Crippen LogP contribution in [0, 0.1) is 6.92 Å². The number of hydrogen-bond acceptors (Lipinski definition) is 6. The van der Waals surface area contributed by atoms with Gasteiger partial charge in [-0.05, 0) is 25.5 Å². The summed E-state index contributed by atoms with van der Waals surface area (Å²) >= 11 is 0. The second-order valence-corrected chi connectivity index (χ2v) is 5.32. The number of ether oxygens (including phenoxy) is 2. The molecule has 0 aliphatic carbocycles. The highest BCUT2D eigenvalue weighted by Crippen LogP contribution is 2.12. The first-order chi connectivity index (χ1) is 13.7. The number of amides is 4. The number of carbonyl (C=O) groups is 4. The van der Waals surface area contributed by atoms with E-state index >= 15 is 0 Å². The largest absolute Gasteiger partial charge is 0.462 e. The van der Waals surface area contributed by atoms with E-state index in [1.807, 2.05) is 6.92 Å². The molecule has 1 aromatic rings. The zero-order valence-electron chi connectivity index (χ0n) is 16.0. The van der Waals surface area contributed by atoms with Crippen LogP contribution in [0.25, 0.3) is 0 Å². The van der Waals surface area contributed by atoms with Crippen molar-refractivity contribution >= 4 is 24.4 Å². The first-order valence-electron chi connectivity index (χ1n) is 8.49. The minimum Gasteiger partial charge on any atom is -0.462 e. The van der Waals surface area contributed by atoms with Crippen molar-refractivity contribution in [1.82, 2.24) is 0 Å². The van der Waals surface area contributed by atoms with Crippen LogP contribution in [0.4, 0.5) is 19.2 Å². The Morgan fingerprint density at radius 1 is 0.828 bits per heavy atom. The van der Waals surface area contributed by atoms with Crippen molar-refractivity contribution in [3.05, 3.63) is 29.8 Å². The van der Waals surface area contributed by atoms with E-state index in [1.165, 1.54) is 0 Å². The highest BCUT2D eigenvalue weighted by Gasteiger charge is 2.05. The topological polar surface area (TPSA) is 177 Å². The highest BCUT2D eigenvalue weighted by molar-refractivity contribution is 5.74. The van der Waals surface area contributed by atoms with Crippen LogP contribution in [0.2, 0.25) is 0 Å². The third-order valence-corrected chi connectivity index (χ3v) is 2.88. The van der Waals surface area contributed by atoms with Crippen molar-refractivity contribution < 1.29 is 38.9 Å². The average molecular weight is 410 g/mol. The lowest BCUT2D eigenvalue weighted by atomic mass is 10.2. The summed E-state index contributed by atoms with van der Waals surface area (Å²) in [6.45, 7) is 4.30. The van der Waals surface area contributed by atoms with Crippen LogP contribution < -0.4 is 4.74 Å². The average Bonchev–Trinajstić information content (AvgIpc) is 2.67. The van der Waals surface area contributed by atoms with E-state index in [9.17, 15) is 19.2 Å². The second kappa shape index (κ2) is 15.4. The first-order valence-corrected chi connectivity index (χ1v) is 8.49. The van der Waals surface area contributed by atoms with Crippen LogP contribution in [0.15, 0.2) is 44.7 Å². The zero-order chi connectivity index (χ0) is 22.1. The van der Waals surface area contributed by atoms with Crippen LogP contribution in [-0.2, 0) is 4.74 Å². The van der Waals surface area contributed by atoms with Gasteiger partial charge in [-0.25, -0.2) is 19.2 Å². The fraction of sp³-hybridized carbons (Fsp3) is 0.412. The Bertz CT molecular complexity index is 715. The van der Waals surface area contributed by atoms with Crippen LogP contribution in [0.1, 0.15) is 38.2 Å². The van der Waals surface area contributed by atoms with Crippen LogP contribution >= 0.6 is 0 Å². The summed E-state index contributed by atoms with van der Waals surface area (Å²) in [6, 6.07) is 6.86. The Kier molecular flexibility index (Phi) is 13.4. The summed E-state index contributed by atoms with van der Waals surface area (Å²) in [5.74, 6) is 0.345. The van der Waals surface area contributed by atoms with Gasteiger partial charge >= 0.3 is 24.4 Å². The Balaban J connectivity index is 0.000000828. The number of hydrogen-bond donors (Lipinski definition) is 2. The van der Waals surface area contributed by atoms with Gasteiger partial charge in [-0.1, -0.05) is 64.3 Å². The molecule has 0 aliphatic heterocycles. The molecule has 0 saturated carbocycles. The molecular weight excluding hydrogens is 388 g/mol. The molecule has 29 heavy (non-hydrogen) atoms. The number of aryl methyl sites for hydroxylation is 1. The third-order valence-electron chi connectivity index (χ3n) is 2.88. The van der Waals surface area contributed by atoms with Gasteiger partial charge in [-0.15, -0.1) is 0 Å². The van der Waals surface area contributed by atoms with Gasteiger partial charge in [0.1, 0.15) is 5.75 Å².